The van der Waals surface area contributed by atoms with Crippen LogP contribution in [0.5, 0.6) is 0 Å². The molecule has 3 aliphatic rings. The zero-order valence-electron chi connectivity index (χ0n) is 22.9. The van der Waals surface area contributed by atoms with Crippen molar-refractivity contribution in [2.24, 2.45) is 0 Å². The second kappa shape index (κ2) is 20.9. The van der Waals surface area contributed by atoms with Crippen LogP contribution >= 0.6 is 0 Å². The Hall–Kier alpha value is 0.771. The molecule has 198 valence electrons. The van der Waals surface area contributed by atoms with Crippen LogP contribution < -0.4 is 0 Å². The van der Waals surface area contributed by atoms with E-state index in [9.17, 15) is 4.80 Å². The van der Waals surface area contributed by atoms with E-state index in [-0.39, 0.29) is 40.0 Å². The number of aliphatic hydroxyl groups excluding tert-OH is 3. The summed E-state index contributed by atoms with van der Waals surface area (Å²) in [7, 11) is -2.05. The maximum Gasteiger partial charge on any atom is 0.197 e. The van der Waals surface area contributed by atoms with Crippen molar-refractivity contribution in [2.45, 2.75) is 173 Å². The summed E-state index contributed by atoms with van der Waals surface area (Å²) >= 11 is 0. The van der Waals surface area contributed by atoms with Crippen molar-refractivity contribution in [1.82, 2.24) is 0 Å². The van der Waals surface area contributed by atoms with Crippen LogP contribution in [0.4, 0.5) is 0 Å². The van der Waals surface area contributed by atoms with E-state index in [1.807, 2.05) is 0 Å². The maximum atomic E-state index is 12.0. The number of aliphatic hydroxyl groups is 3. The first kappa shape index (κ1) is 35.9. The van der Waals surface area contributed by atoms with Crippen LogP contribution in [0.1, 0.15) is 138 Å². The van der Waals surface area contributed by atoms with Crippen LogP contribution in [-0.2, 0) is 21.7 Å². The van der Waals surface area contributed by atoms with Crippen molar-refractivity contribution in [2.75, 3.05) is 0 Å². The minimum Gasteiger partial charge on any atom is -0.431 e. The van der Waals surface area contributed by atoms with Crippen LogP contribution in [-0.4, -0.2) is 46.7 Å². The van der Waals surface area contributed by atoms with Crippen molar-refractivity contribution in [3.8, 4) is 0 Å². The van der Waals surface area contributed by atoms with Gasteiger partial charge in [-0.3, -0.25) is 0 Å². The van der Waals surface area contributed by atoms with E-state index in [1.54, 1.807) is 41.5 Å². The molecule has 6 heteroatoms. The summed E-state index contributed by atoms with van der Waals surface area (Å²) in [6.45, 7) is 10.3. The standard InChI is InChI=1S/C18H34OSi.3C3H8O.Ti/c19-20(16-10-4-1-5-11-16,17-12-6-2-7-13-17)18-14-8-3-9-15-18;3*1-3(2)4;/h16-19H,1-15H2;3*3-4H,1-2H3;. The Morgan fingerprint density at radius 2 is 0.606 bits per heavy atom. The summed E-state index contributed by atoms with van der Waals surface area (Å²) < 4.78 is 0. The molecule has 0 saturated heterocycles. The van der Waals surface area contributed by atoms with Gasteiger partial charge in [-0.2, -0.15) is 0 Å². The molecule has 0 radical (unpaired) electrons. The van der Waals surface area contributed by atoms with Gasteiger partial charge in [0.05, 0.1) is 0 Å². The molecule has 0 aromatic carbocycles. The second-order valence-corrected chi connectivity index (χ2v) is 15.4. The Kier molecular flexibility index (Phi) is 22.8. The molecule has 3 aliphatic carbocycles. The fourth-order valence-corrected chi connectivity index (χ4v) is 11.7. The van der Waals surface area contributed by atoms with Gasteiger partial charge >= 0.3 is 0 Å². The molecule has 0 amide bonds. The van der Waals surface area contributed by atoms with Gasteiger partial charge in [0.1, 0.15) is 0 Å². The quantitative estimate of drug-likeness (QED) is 0.298. The van der Waals surface area contributed by atoms with Gasteiger partial charge in [0.25, 0.3) is 0 Å². The monoisotopic (exact) mass is 522 g/mol. The largest absolute Gasteiger partial charge is 0.431 e. The van der Waals surface area contributed by atoms with Crippen LogP contribution in [0, 0.1) is 0 Å². The molecule has 0 unspecified atom stereocenters. The molecule has 4 N–H and O–H groups in total. The van der Waals surface area contributed by atoms with Crippen LogP contribution in [0.2, 0.25) is 16.6 Å². The fourth-order valence-electron chi connectivity index (χ4n) is 5.70. The van der Waals surface area contributed by atoms with Crippen molar-refractivity contribution >= 4 is 8.32 Å². The third-order valence-corrected chi connectivity index (χ3v) is 12.4. The van der Waals surface area contributed by atoms with E-state index in [4.69, 9.17) is 15.3 Å². The predicted molar refractivity (Wildman–Crippen MR) is 141 cm³/mol. The van der Waals surface area contributed by atoms with Gasteiger partial charge in [0.15, 0.2) is 8.32 Å². The molecule has 33 heavy (non-hydrogen) atoms. The molecular formula is C27H58O4SiTi. The first-order valence-corrected chi connectivity index (χ1v) is 16.0. The first-order chi connectivity index (χ1) is 15.0. The Morgan fingerprint density at radius 3 is 0.758 bits per heavy atom. The van der Waals surface area contributed by atoms with E-state index in [0.717, 1.165) is 16.6 Å². The van der Waals surface area contributed by atoms with Crippen LogP contribution in [0.25, 0.3) is 0 Å². The van der Waals surface area contributed by atoms with E-state index >= 15 is 0 Å². The molecule has 3 rings (SSSR count). The van der Waals surface area contributed by atoms with Gasteiger partial charge in [-0.15, -0.1) is 0 Å². The van der Waals surface area contributed by atoms with Gasteiger partial charge < -0.3 is 20.1 Å². The average molecular weight is 523 g/mol. The molecular weight excluding hydrogens is 464 g/mol. The zero-order valence-corrected chi connectivity index (χ0v) is 25.4. The normalized spacial score (nSPS) is 20.6. The predicted octanol–water partition coefficient (Wildman–Crippen LogP) is 7.09. The van der Waals surface area contributed by atoms with Crippen molar-refractivity contribution in [3.63, 3.8) is 0 Å². The molecule has 0 aromatic heterocycles. The maximum absolute atomic E-state index is 12.0. The minimum atomic E-state index is -2.05. The van der Waals surface area contributed by atoms with Gasteiger partial charge in [-0.1, -0.05) is 96.3 Å². The molecule has 0 aromatic rings. The van der Waals surface area contributed by atoms with E-state index in [2.05, 4.69) is 0 Å². The number of hydrogen-bond donors (Lipinski definition) is 4. The Bertz CT molecular complexity index is 348. The third-order valence-electron chi connectivity index (χ3n) is 6.78. The minimum absolute atomic E-state index is 0. The molecule has 0 aliphatic heterocycles. The van der Waals surface area contributed by atoms with Gasteiger partial charge in [0.2, 0.25) is 0 Å². The summed E-state index contributed by atoms with van der Waals surface area (Å²) in [6.07, 6.45) is 20.4. The van der Waals surface area contributed by atoms with Gasteiger partial charge in [0, 0.05) is 40.0 Å². The summed E-state index contributed by atoms with van der Waals surface area (Å²) in [6, 6.07) is 0. The molecule has 0 atom stereocenters. The number of rotatable bonds is 3. The second-order valence-electron chi connectivity index (χ2n) is 11.2. The van der Waals surface area contributed by atoms with E-state index in [1.165, 1.54) is 96.3 Å². The Balaban J connectivity index is 0. The average Bonchev–Trinajstić information content (AvgIpc) is 2.74. The molecule has 0 spiro atoms. The van der Waals surface area contributed by atoms with Crippen molar-refractivity contribution in [1.29, 1.82) is 0 Å². The topological polar surface area (TPSA) is 80.9 Å². The van der Waals surface area contributed by atoms with Crippen LogP contribution in [0.15, 0.2) is 0 Å². The third kappa shape index (κ3) is 17.0. The molecule has 4 nitrogen and oxygen atoms in total. The van der Waals surface area contributed by atoms with Crippen molar-refractivity contribution < 1.29 is 41.8 Å². The Labute approximate surface area is 222 Å². The SMILES string of the molecule is CC(C)O.CC(C)O.CC(C)O.O[Si](C1CCCCC1)(C1CCCCC1)C1CCCCC1.[Ti]. The first-order valence-electron chi connectivity index (χ1n) is 13.8. The summed E-state index contributed by atoms with van der Waals surface area (Å²) in [4.78, 5) is 12.0. The zero-order chi connectivity index (χ0) is 24.6. The van der Waals surface area contributed by atoms with Gasteiger partial charge in [-0.25, -0.2) is 0 Å². The van der Waals surface area contributed by atoms with E-state index in [0.29, 0.717) is 0 Å². The van der Waals surface area contributed by atoms with Crippen molar-refractivity contribution in [3.05, 3.63) is 0 Å². The Morgan fingerprint density at radius 1 is 0.455 bits per heavy atom. The van der Waals surface area contributed by atoms with E-state index < -0.39 is 8.32 Å². The summed E-state index contributed by atoms with van der Waals surface area (Å²) in [5.41, 5.74) is 2.30. The fraction of sp³-hybridized carbons (Fsp3) is 1.00. The smallest absolute Gasteiger partial charge is 0.197 e. The molecule has 0 bridgehead atoms. The molecule has 3 saturated carbocycles. The van der Waals surface area contributed by atoms with Gasteiger partial charge in [-0.05, 0) is 58.2 Å². The molecule has 3 fully saturated rings. The summed E-state index contributed by atoms with van der Waals surface area (Å²) in [5, 5.41) is 24.2. The van der Waals surface area contributed by atoms with Crippen LogP contribution in [0.3, 0.4) is 0 Å². The number of hydrogen-bond acceptors (Lipinski definition) is 4. The summed E-state index contributed by atoms with van der Waals surface area (Å²) in [5.74, 6) is 0. The molecule has 0 heterocycles.